The van der Waals surface area contributed by atoms with E-state index in [1.165, 1.54) is 24.4 Å². The number of carboxylic acid groups (broad SMARTS) is 1. The van der Waals surface area contributed by atoms with Crippen LogP contribution in [0.5, 0.6) is 0 Å². The summed E-state index contributed by atoms with van der Waals surface area (Å²) in [6.45, 7) is 1.96. The minimum atomic E-state index is -4.36. The fourth-order valence-electron chi connectivity index (χ4n) is 3.68. The molecule has 0 aliphatic heterocycles. The summed E-state index contributed by atoms with van der Waals surface area (Å²) in [4.78, 5) is 10.9. The second-order valence-electron chi connectivity index (χ2n) is 7.56. The molecule has 35 heavy (non-hydrogen) atoms. The molecule has 0 amide bonds. The van der Waals surface area contributed by atoms with Gasteiger partial charge in [0.05, 0.1) is 0 Å². The zero-order chi connectivity index (χ0) is 25.6. The zero-order valence-electron chi connectivity index (χ0n) is 18.8. The molecule has 180 valence electrons. The number of halogens is 3. The first kappa shape index (κ1) is 25.8. The van der Waals surface area contributed by atoms with Crippen molar-refractivity contribution < 1.29 is 23.1 Å². The summed E-state index contributed by atoms with van der Waals surface area (Å²) in [5, 5.41) is 16.5. The zero-order valence-corrected chi connectivity index (χ0v) is 19.6. The Morgan fingerprint density at radius 1 is 1.00 bits per heavy atom. The molecule has 0 fully saturated rings. The van der Waals surface area contributed by atoms with E-state index in [1.807, 2.05) is 25.1 Å². The number of alkyl halides is 3. The number of hydrogen-bond acceptors (Lipinski definition) is 4. The van der Waals surface area contributed by atoms with E-state index in [-0.39, 0.29) is 16.7 Å². The first-order chi connectivity index (χ1) is 16.6. The average Bonchev–Trinajstić information content (AvgIpc) is 2.82. The molecule has 0 radical (unpaired) electrons. The minimum absolute atomic E-state index is 0.103. The van der Waals surface area contributed by atoms with Gasteiger partial charge in [0.25, 0.3) is 0 Å². The van der Waals surface area contributed by atoms with Gasteiger partial charge in [-0.15, -0.1) is 0 Å². The molecule has 4 N–H and O–H groups in total. The maximum Gasteiger partial charge on any atom is 0.446 e. The molecule has 0 saturated carbocycles. The lowest BCUT2D eigenvalue weighted by atomic mass is 9.87. The number of nitrogen functional groups attached to an aromatic ring is 1. The van der Waals surface area contributed by atoms with E-state index in [0.29, 0.717) is 23.2 Å². The molecule has 3 aromatic carbocycles. The topological polar surface area (TPSA) is 87.2 Å². The maximum atomic E-state index is 12.8. The van der Waals surface area contributed by atoms with Crippen molar-refractivity contribution >= 4 is 46.9 Å². The van der Waals surface area contributed by atoms with Gasteiger partial charge in [0.15, 0.2) is 0 Å². The normalized spacial score (nSPS) is 12.5. The Labute approximate surface area is 205 Å². The number of allylic oxidation sites excluding steroid dienone is 1. The molecule has 0 spiro atoms. The van der Waals surface area contributed by atoms with Crippen LogP contribution in [0, 0.1) is 5.41 Å². The van der Waals surface area contributed by atoms with Crippen LogP contribution in [0.2, 0.25) is 0 Å². The number of rotatable bonds is 8. The fraction of sp³-hybridized carbons (Fsp3) is 0.111. The van der Waals surface area contributed by atoms with Gasteiger partial charge in [-0.25, -0.2) is 4.79 Å². The van der Waals surface area contributed by atoms with Crippen LogP contribution < -0.4 is 5.73 Å². The summed E-state index contributed by atoms with van der Waals surface area (Å²) in [5.41, 5.74) is 7.51. The number of nitrogens with two attached hydrogens (primary N) is 1. The Morgan fingerprint density at radius 2 is 1.60 bits per heavy atom. The highest BCUT2D eigenvalue weighted by Crippen LogP contribution is 2.39. The lowest BCUT2D eigenvalue weighted by Crippen LogP contribution is -2.00. The predicted molar refractivity (Wildman–Crippen MR) is 136 cm³/mol. The molecule has 0 aliphatic carbocycles. The highest BCUT2D eigenvalue weighted by atomic mass is 32.2. The fourth-order valence-corrected chi connectivity index (χ4v) is 4.22. The summed E-state index contributed by atoms with van der Waals surface area (Å²) in [5.74, 6) is -1.05. The number of nitrogens with one attached hydrogen (secondary N) is 1. The Bertz CT molecular complexity index is 1280. The van der Waals surface area contributed by atoms with Crippen molar-refractivity contribution in [2.45, 2.75) is 23.7 Å². The molecule has 8 heteroatoms. The minimum Gasteiger partial charge on any atom is -0.478 e. The Balaban J connectivity index is 2.17. The van der Waals surface area contributed by atoms with E-state index in [2.05, 4.69) is 0 Å². The number of aliphatic carboxylic acids is 1. The molecule has 0 saturated heterocycles. The van der Waals surface area contributed by atoms with E-state index in [4.69, 9.17) is 16.2 Å². The van der Waals surface area contributed by atoms with Gasteiger partial charge in [-0.1, -0.05) is 49.4 Å². The Morgan fingerprint density at radius 3 is 2.14 bits per heavy atom. The van der Waals surface area contributed by atoms with E-state index in [1.54, 1.807) is 36.4 Å². The summed E-state index contributed by atoms with van der Waals surface area (Å²) < 4.78 is 38.3. The molecule has 3 rings (SSSR count). The van der Waals surface area contributed by atoms with E-state index in [0.717, 1.165) is 33.9 Å². The number of anilines is 1. The maximum absolute atomic E-state index is 12.8. The van der Waals surface area contributed by atoms with Crippen LogP contribution in [0.3, 0.4) is 0 Å². The predicted octanol–water partition coefficient (Wildman–Crippen LogP) is 7.35. The van der Waals surface area contributed by atoms with Crippen molar-refractivity contribution in [3.05, 3.63) is 101 Å². The molecule has 3 aromatic rings. The van der Waals surface area contributed by atoms with Gasteiger partial charge >= 0.3 is 11.5 Å². The standard InChI is InChI=1S/C27H23F3N2O2S/c1-2-23(18-8-11-22(12-9-18)35-27(28,29)30)26(20-10-13-24(32)21(15-20)16-31)19-6-3-17(4-7-19)5-14-25(33)34/h3-16,31H,2,32H2,1H3,(H,33,34)/b14-5+,26-23+,31-16?. The second-order valence-corrected chi connectivity index (χ2v) is 8.70. The van der Waals surface area contributed by atoms with Crippen molar-refractivity contribution in [1.29, 1.82) is 5.41 Å². The van der Waals surface area contributed by atoms with Crippen molar-refractivity contribution in [2.24, 2.45) is 0 Å². The van der Waals surface area contributed by atoms with Gasteiger partial charge in [-0.3, -0.25) is 0 Å². The first-order valence-electron chi connectivity index (χ1n) is 10.6. The van der Waals surface area contributed by atoms with Crippen LogP contribution in [0.25, 0.3) is 17.2 Å². The number of carbonyl (C=O) groups is 1. The number of benzene rings is 3. The quantitative estimate of drug-likeness (QED) is 0.100. The third-order valence-electron chi connectivity index (χ3n) is 5.24. The van der Waals surface area contributed by atoms with Gasteiger partial charge in [-0.05, 0) is 81.9 Å². The molecule has 4 nitrogen and oxygen atoms in total. The lowest BCUT2D eigenvalue weighted by molar-refractivity contribution is -0.131. The van der Waals surface area contributed by atoms with E-state index < -0.39 is 11.5 Å². The van der Waals surface area contributed by atoms with Gasteiger partial charge in [0.2, 0.25) is 0 Å². The van der Waals surface area contributed by atoms with E-state index >= 15 is 0 Å². The molecule has 0 unspecified atom stereocenters. The Hall–Kier alpha value is -3.78. The summed E-state index contributed by atoms with van der Waals surface area (Å²) in [6.07, 6.45) is 4.31. The van der Waals surface area contributed by atoms with Crippen molar-refractivity contribution in [2.75, 3.05) is 5.73 Å². The van der Waals surface area contributed by atoms with Crippen LogP contribution >= 0.6 is 11.8 Å². The smallest absolute Gasteiger partial charge is 0.446 e. The molecule has 0 bridgehead atoms. The van der Waals surface area contributed by atoms with Crippen LogP contribution in [0.15, 0.2) is 77.7 Å². The molecule has 0 aromatic heterocycles. The summed E-state index contributed by atoms with van der Waals surface area (Å²) in [7, 11) is 0. The van der Waals surface area contributed by atoms with Crippen molar-refractivity contribution in [1.82, 2.24) is 0 Å². The monoisotopic (exact) mass is 496 g/mol. The van der Waals surface area contributed by atoms with Crippen molar-refractivity contribution in [3.8, 4) is 0 Å². The average molecular weight is 497 g/mol. The SMILES string of the molecule is CC/C(=C(/c1ccc(/C=C/C(=O)O)cc1)c1ccc(N)c(C=N)c1)c1ccc(SC(F)(F)F)cc1. The molecule has 0 heterocycles. The lowest BCUT2D eigenvalue weighted by Gasteiger charge is -2.18. The molecule has 0 aliphatic rings. The first-order valence-corrected chi connectivity index (χ1v) is 11.4. The third kappa shape index (κ3) is 6.86. The number of hydrogen-bond donors (Lipinski definition) is 3. The van der Waals surface area contributed by atoms with Gasteiger partial charge in [-0.2, -0.15) is 13.2 Å². The third-order valence-corrected chi connectivity index (χ3v) is 5.98. The van der Waals surface area contributed by atoms with Crippen LogP contribution in [0.1, 0.15) is 41.2 Å². The summed E-state index contributed by atoms with van der Waals surface area (Å²) >= 11 is -0.158. The van der Waals surface area contributed by atoms with E-state index in [9.17, 15) is 18.0 Å². The second kappa shape index (κ2) is 11.1. The van der Waals surface area contributed by atoms with Crippen molar-refractivity contribution in [3.63, 3.8) is 0 Å². The number of carboxylic acids is 1. The molecular formula is C27H23F3N2O2S. The summed E-state index contributed by atoms with van der Waals surface area (Å²) in [6, 6.07) is 18.9. The van der Waals surface area contributed by atoms with Gasteiger partial charge in [0.1, 0.15) is 0 Å². The van der Waals surface area contributed by atoms with Crippen LogP contribution in [-0.4, -0.2) is 22.8 Å². The highest BCUT2D eigenvalue weighted by molar-refractivity contribution is 8.00. The number of thioether (sulfide) groups is 1. The van der Waals surface area contributed by atoms with Crippen LogP contribution in [0.4, 0.5) is 18.9 Å². The van der Waals surface area contributed by atoms with Crippen LogP contribution in [-0.2, 0) is 4.79 Å². The highest BCUT2D eigenvalue weighted by Gasteiger charge is 2.29. The Kier molecular flexibility index (Phi) is 8.19. The van der Waals surface area contributed by atoms with Gasteiger partial charge in [0, 0.05) is 28.4 Å². The van der Waals surface area contributed by atoms with Gasteiger partial charge < -0.3 is 16.2 Å². The largest absolute Gasteiger partial charge is 0.478 e. The molecular weight excluding hydrogens is 473 g/mol. The molecule has 0 atom stereocenters.